The first-order chi connectivity index (χ1) is 27.9. The molecule has 0 unspecified atom stereocenters. The van der Waals surface area contributed by atoms with E-state index in [-0.39, 0.29) is 5.41 Å². The number of fused-ring (bicyclic) bond motifs is 3. The van der Waals surface area contributed by atoms with Crippen LogP contribution in [0, 0.1) is 17.8 Å². The zero-order chi connectivity index (χ0) is 38.1. The molecular weight excluding hydrogens is 689 g/mol. The fraction of sp³-hybridized carbons (Fsp3) is 0.236. The molecule has 4 bridgehead atoms. The molecule has 7 aromatic carbocycles. The van der Waals surface area contributed by atoms with Crippen LogP contribution in [0.1, 0.15) is 69.1 Å². The Hall–Kier alpha value is -5.86. The minimum atomic E-state index is -0.0994. The number of anilines is 6. The summed E-state index contributed by atoms with van der Waals surface area (Å²) >= 11 is 0. The van der Waals surface area contributed by atoms with Crippen LogP contribution in [0.2, 0.25) is 0 Å². The van der Waals surface area contributed by atoms with Crippen LogP contribution in [0.5, 0.6) is 0 Å². The van der Waals surface area contributed by atoms with Gasteiger partial charge in [0.25, 0.3) is 0 Å². The monoisotopic (exact) mass is 738 g/mol. The van der Waals surface area contributed by atoms with Gasteiger partial charge in [-0.2, -0.15) is 0 Å². The van der Waals surface area contributed by atoms with Crippen molar-refractivity contribution in [1.82, 2.24) is 0 Å². The third-order valence-electron chi connectivity index (χ3n) is 14.2. The van der Waals surface area contributed by atoms with E-state index < -0.39 is 0 Å². The molecular formula is C55H50N2. The largest absolute Gasteiger partial charge is 0.311 e. The highest BCUT2D eigenvalue weighted by Gasteiger charge is 2.51. The Morgan fingerprint density at radius 1 is 0.404 bits per heavy atom. The van der Waals surface area contributed by atoms with Crippen molar-refractivity contribution in [1.29, 1.82) is 0 Å². The maximum absolute atomic E-state index is 2.47. The van der Waals surface area contributed by atoms with E-state index in [0.29, 0.717) is 5.41 Å². The molecule has 0 N–H and O–H groups in total. The third kappa shape index (κ3) is 5.75. The number of nitrogens with zero attached hydrogens (tertiary/aromatic N) is 2. The molecule has 0 radical (unpaired) electrons. The van der Waals surface area contributed by atoms with Crippen LogP contribution in [-0.4, -0.2) is 0 Å². The van der Waals surface area contributed by atoms with Gasteiger partial charge in [-0.1, -0.05) is 123 Å². The molecule has 0 saturated heterocycles. The maximum atomic E-state index is 2.47. The highest BCUT2D eigenvalue weighted by molar-refractivity contribution is 5.91. The normalized spacial score (nSPS) is 22.2. The van der Waals surface area contributed by atoms with E-state index in [1.165, 1.54) is 83.3 Å². The Balaban J connectivity index is 1.00. The molecule has 4 fully saturated rings. The number of para-hydroxylation sites is 2. The molecule has 0 amide bonds. The molecule has 7 aromatic rings. The van der Waals surface area contributed by atoms with Gasteiger partial charge in [0.15, 0.2) is 0 Å². The Morgan fingerprint density at radius 2 is 0.877 bits per heavy atom. The molecule has 0 aromatic heterocycles. The fourth-order valence-corrected chi connectivity index (χ4v) is 12.0. The molecule has 4 saturated carbocycles. The molecule has 0 atom stereocenters. The van der Waals surface area contributed by atoms with Crippen molar-refractivity contribution in [3.05, 3.63) is 193 Å². The summed E-state index contributed by atoms with van der Waals surface area (Å²) in [7, 11) is 0. The van der Waals surface area contributed by atoms with Gasteiger partial charge in [0.05, 0.1) is 5.69 Å². The predicted octanol–water partition coefficient (Wildman–Crippen LogP) is 15.1. The van der Waals surface area contributed by atoms with E-state index in [4.69, 9.17) is 0 Å². The smallest absolute Gasteiger partial charge is 0.0540 e. The van der Waals surface area contributed by atoms with Crippen LogP contribution in [0.4, 0.5) is 34.1 Å². The van der Waals surface area contributed by atoms with Gasteiger partial charge in [-0.05, 0) is 162 Å². The average Bonchev–Trinajstić information content (AvgIpc) is 3.47. The molecule has 5 aliphatic carbocycles. The topological polar surface area (TPSA) is 6.48 Å². The van der Waals surface area contributed by atoms with E-state index in [0.717, 1.165) is 40.5 Å². The standard InChI is InChI=1S/C55H50N2/c1-54(2)51-19-11-9-18-49(51)50-30-29-47(34-52(50)54)57(53-20-12-10-17-48(53)41-13-5-3-6-14-41)46-27-25-45(26-28-46)56(43-15-7-4-8-16-43)44-23-21-42(22-24-44)55-35-38-31-39(36-55)33-40(32-38)37-55/h3-30,34,38-40H,31-33,35-37H2,1-2H3. The highest BCUT2D eigenvalue weighted by atomic mass is 15.2. The molecule has 57 heavy (non-hydrogen) atoms. The Morgan fingerprint density at radius 3 is 1.53 bits per heavy atom. The SMILES string of the molecule is CC1(C)c2ccccc2-c2ccc(N(c3ccc(N(c4ccccc4)c4ccc(C56CC7CC(CC(C7)C5)C6)cc4)cc3)c3ccccc3-c3ccccc3)cc21. The zero-order valence-corrected chi connectivity index (χ0v) is 33.1. The van der Waals surface area contributed by atoms with Crippen LogP contribution >= 0.6 is 0 Å². The summed E-state index contributed by atoms with van der Waals surface area (Å²) in [5, 5.41) is 0. The van der Waals surface area contributed by atoms with E-state index in [1.54, 1.807) is 5.56 Å². The van der Waals surface area contributed by atoms with Crippen LogP contribution in [0.25, 0.3) is 22.3 Å². The van der Waals surface area contributed by atoms with Crippen molar-refractivity contribution < 1.29 is 0 Å². The second-order valence-corrected chi connectivity index (χ2v) is 18.1. The number of rotatable bonds is 8. The first-order valence-electron chi connectivity index (χ1n) is 21.2. The second kappa shape index (κ2) is 13.4. The highest BCUT2D eigenvalue weighted by Crippen LogP contribution is 2.61. The van der Waals surface area contributed by atoms with Crippen molar-refractivity contribution >= 4 is 34.1 Å². The molecule has 0 heterocycles. The van der Waals surface area contributed by atoms with E-state index >= 15 is 0 Å². The van der Waals surface area contributed by atoms with Crippen molar-refractivity contribution in [2.24, 2.45) is 17.8 Å². The van der Waals surface area contributed by atoms with Gasteiger partial charge in [0.1, 0.15) is 0 Å². The third-order valence-corrected chi connectivity index (χ3v) is 14.2. The Bertz CT molecular complexity index is 2530. The molecule has 280 valence electrons. The maximum Gasteiger partial charge on any atom is 0.0540 e. The summed E-state index contributed by atoms with van der Waals surface area (Å²) in [4.78, 5) is 4.88. The number of hydrogen-bond donors (Lipinski definition) is 0. The number of hydrogen-bond acceptors (Lipinski definition) is 2. The molecule has 2 nitrogen and oxygen atoms in total. The fourth-order valence-electron chi connectivity index (χ4n) is 12.0. The van der Waals surface area contributed by atoms with Crippen molar-refractivity contribution in [2.75, 3.05) is 9.80 Å². The quantitative estimate of drug-likeness (QED) is 0.153. The summed E-state index contributed by atoms with van der Waals surface area (Å²) in [5.41, 5.74) is 16.7. The van der Waals surface area contributed by atoms with Gasteiger partial charge in [0.2, 0.25) is 0 Å². The minimum absolute atomic E-state index is 0.0994. The molecule has 0 spiro atoms. The van der Waals surface area contributed by atoms with E-state index in [9.17, 15) is 0 Å². The van der Waals surface area contributed by atoms with Gasteiger partial charge in [-0.25, -0.2) is 0 Å². The van der Waals surface area contributed by atoms with Crippen LogP contribution in [0.15, 0.2) is 176 Å². The Labute approximate surface area is 338 Å². The van der Waals surface area contributed by atoms with Gasteiger partial charge >= 0.3 is 0 Å². The van der Waals surface area contributed by atoms with Crippen molar-refractivity contribution in [2.45, 2.75) is 63.2 Å². The van der Waals surface area contributed by atoms with Gasteiger partial charge in [-0.3, -0.25) is 0 Å². The summed E-state index contributed by atoms with van der Waals surface area (Å²) in [6, 6.07) is 65.5. The van der Waals surface area contributed by atoms with Crippen molar-refractivity contribution in [3.8, 4) is 22.3 Å². The summed E-state index contributed by atoms with van der Waals surface area (Å²) in [5.74, 6) is 2.82. The average molecular weight is 739 g/mol. The van der Waals surface area contributed by atoms with Crippen molar-refractivity contribution in [3.63, 3.8) is 0 Å². The van der Waals surface area contributed by atoms with Gasteiger partial charge in [0, 0.05) is 39.4 Å². The van der Waals surface area contributed by atoms with Gasteiger partial charge < -0.3 is 9.80 Å². The van der Waals surface area contributed by atoms with Crippen LogP contribution in [-0.2, 0) is 10.8 Å². The molecule has 2 heteroatoms. The van der Waals surface area contributed by atoms with Crippen LogP contribution in [0.3, 0.4) is 0 Å². The van der Waals surface area contributed by atoms with Gasteiger partial charge in [-0.15, -0.1) is 0 Å². The molecule has 5 aliphatic rings. The number of benzene rings is 7. The lowest BCUT2D eigenvalue weighted by molar-refractivity contribution is -0.00518. The van der Waals surface area contributed by atoms with E-state index in [1.807, 2.05) is 0 Å². The first kappa shape index (κ1) is 34.4. The molecule has 12 rings (SSSR count). The zero-order valence-electron chi connectivity index (χ0n) is 33.1. The lowest BCUT2D eigenvalue weighted by Crippen LogP contribution is -2.48. The Kier molecular flexibility index (Phi) is 8.07. The predicted molar refractivity (Wildman–Crippen MR) is 239 cm³/mol. The van der Waals surface area contributed by atoms with E-state index in [2.05, 4.69) is 200 Å². The summed E-state index contributed by atoms with van der Waals surface area (Å²) in [6.07, 6.45) is 8.59. The lowest BCUT2D eigenvalue weighted by Gasteiger charge is -2.57. The first-order valence-corrected chi connectivity index (χ1v) is 21.2. The summed E-state index contributed by atoms with van der Waals surface area (Å²) < 4.78 is 0. The molecule has 0 aliphatic heterocycles. The van der Waals surface area contributed by atoms with Crippen LogP contribution < -0.4 is 9.80 Å². The second-order valence-electron chi connectivity index (χ2n) is 18.1. The minimum Gasteiger partial charge on any atom is -0.311 e. The lowest BCUT2D eigenvalue weighted by atomic mass is 9.48. The summed E-state index contributed by atoms with van der Waals surface area (Å²) in [6.45, 7) is 4.73.